The number of hydrogen-bond donors (Lipinski definition) is 3. The van der Waals surface area contributed by atoms with E-state index in [2.05, 4.69) is 27.4 Å². The first-order valence-corrected chi connectivity index (χ1v) is 14.8. The minimum absolute atomic E-state index is 0.0425. The number of ketones is 1. The summed E-state index contributed by atoms with van der Waals surface area (Å²) >= 11 is 0.931. The molecule has 2 aromatic rings. The van der Waals surface area contributed by atoms with Crippen LogP contribution in [0.3, 0.4) is 0 Å². The molecule has 0 amide bonds. The lowest BCUT2D eigenvalue weighted by atomic mass is 10.1. The van der Waals surface area contributed by atoms with Crippen LogP contribution in [0.25, 0.3) is 0 Å². The van der Waals surface area contributed by atoms with Crippen molar-refractivity contribution in [1.82, 2.24) is 14.2 Å². The molecular weight excluding hydrogens is 597 g/mol. The number of piperidine rings is 1. The molecule has 41 heavy (non-hydrogen) atoms. The lowest BCUT2D eigenvalue weighted by molar-refractivity contribution is -0.192. The Hall–Kier alpha value is -3.15. The van der Waals surface area contributed by atoms with Gasteiger partial charge in [-0.2, -0.15) is 13.2 Å². The maximum Gasteiger partial charge on any atom is 0.490 e. The number of halogens is 5. The first kappa shape index (κ1) is 32.4. The lowest BCUT2D eigenvalue weighted by Gasteiger charge is -2.32. The molecule has 0 unspecified atom stereocenters. The van der Waals surface area contributed by atoms with Crippen LogP contribution < -0.4 is 11.1 Å². The van der Waals surface area contributed by atoms with E-state index in [1.165, 1.54) is 10.4 Å². The van der Waals surface area contributed by atoms with Crippen molar-refractivity contribution in [1.29, 1.82) is 0 Å². The van der Waals surface area contributed by atoms with Gasteiger partial charge in [-0.15, -0.1) is 0 Å². The van der Waals surface area contributed by atoms with Crippen molar-refractivity contribution in [3.05, 3.63) is 52.4 Å². The van der Waals surface area contributed by atoms with Crippen molar-refractivity contribution in [2.75, 3.05) is 49.5 Å². The molecule has 17 heteroatoms. The summed E-state index contributed by atoms with van der Waals surface area (Å²) in [5.41, 5.74) is 5.19. The third kappa shape index (κ3) is 8.92. The fraction of sp³-hybridized carbons (Fsp3) is 0.458. The number of benzene rings is 1. The highest BCUT2D eigenvalue weighted by Gasteiger charge is 2.38. The summed E-state index contributed by atoms with van der Waals surface area (Å²) in [6.45, 7) is 2.94. The maximum absolute atomic E-state index is 14.0. The molecule has 0 radical (unpaired) electrons. The third-order valence-corrected chi connectivity index (χ3v) is 9.13. The molecule has 1 aromatic carbocycles. The van der Waals surface area contributed by atoms with Gasteiger partial charge in [0.1, 0.15) is 22.3 Å². The highest BCUT2D eigenvalue weighted by Crippen LogP contribution is 2.30. The quantitative estimate of drug-likeness (QED) is 0.228. The van der Waals surface area contributed by atoms with Crippen molar-refractivity contribution in [2.45, 2.75) is 31.5 Å². The molecular formula is C24H28F5N5O5S2. The van der Waals surface area contributed by atoms with Crippen molar-refractivity contribution in [3.63, 3.8) is 0 Å². The van der Waals surface area contributed by atoms with Gasteiger partial charge in [-0.05, 0) is 31.4 Å². The Morgan fingerprint density at radius 1 is 1.12 bits per heavy atom. The molecule has 1 fully saturated rings. The molecule has 226 valence electrons. The molecule has 0 bridgehead atoms. The molecule has 2 aliphatic heterocycles. The first-order valence-electron chi connectivity index (χ1n) is 12.4. The summed E-state index contributed by atoms with van der Waals surface area (Å²) in [6.07, 6.45) is 1.16. The number of sulfonamides is 1. The maximum atomic E-state index is 14.0. The molecule has 0 saturated carbocycles. The second-order valence-corrected chi connectivity index (χ2v) is 12.2. The van der Waals surface area contributed by atoms with Gasteiger partial charge in [0.15, 0.2) is 5.13 Å². The molecule has 0 spiro atoms. The van der Waals surface area contributed by atoms with E-state index in [0.717, 1.165) is 43.0 Å². The average molecular weight is 626 g/mol. The first-order chi connectivity index (χ1) is 19.2. The van der Waals surface area contributed by atoms with E-state index in [1.54, 1.807) is 0 Å². The van der Waals surface area contributed by atoms with E-state index in [1.807, 2.05) is 0 Å². The van der Waals surface area contributed by atoms with Gasteiger partial charge in [0.25, 0.3) is 0 Å². The predicted molar refractivity (Wildman–Crippen MR) is 142 cm³/mol. The molecule has 0 atom stereocenters. The normalized spacial score (nSPS) is 17.1. The number of anilines is 2. The fourth-order valence-electron chi connectivity index (χ4n) is 4.10. The molecule has 1 saturated heterocycles. The Kier molecular flexibility index (Phi) is 10.8. The number of carboxylic acid groups (broad SMARTS) is 1. The van der Waals surface area contributed by atoms with Gasteiger partial charge in [0, 0.05) is 38.8 Å². The Labute approximate surface area is 236 Å². The smallest absolute Gasteiger partial charge is 0.475 e. The van der Waals surface area contributed by atoms with E-state index in [0.29, 0.717) is 37.6 Å². The number of aliphatic carboxylic acids is 1. The van der Waals surface area contributed by atoms with Crippen molar-refractivity contribution >= 4 is 44.1 Å². The summed E-state index contributed by atoms with van der Waals surface area (Å²) < 4.78 is 86.7. The van der Waals surface area contributed by atoms with Gasteiger partial charge in [0.05, 0.1) is 11.3 Å². The van der Waals surface area contributed by atoms with E-state index < -0.39 is 45.2 Å². The lowest BCUT2D eigenvalue weighted by Crippen LogP contribution is -2.45. The van der Waals surface area contributed by atoms with Gasteiger partial charge in [0.2, 0.25) is 15.8 Å². The molecule has 0 aliphatic carbocycles. The molecule has 2 aliphatic rings. The number of alkyl halides is 3. The zero-order valence-corrected chi connectivity index (χ0v) is 23.2. The van der Waals surface area contributed by atoms with Crippen molar-refractivity contribution in [3.8, 4) is 0 Å². The van der Waals surface area contributed by atoms with Crippen LogP contribution in [0.15, 0.2) is 30.4 Å². The van der Waals surface area contributed by atoms with Gasteiger partial charge in [-0.3, -0.25) is 9.69 Å². The van der Waals surface area contributed by atoms with Crippen LogP contribution in [-0.4, -0.2) is 90.2 Å². The number of carbonyl (C=O) groups is 2. The number of nitrogens with one attached hydrogen (secondary N) is 1. The van der Waals surface area contributed by atoms with Gasteiger partial charge in [-0.1, -0.05) is 29.6 Å². The minimum atomic E-state index is -5.08. The summed E-state index contributed by atoms with van der Waals surface area (Å²) in [5.74, 6) is -5.54. The van der Waals surface area contributed by atoms with E-state index in [9.17, 15) is 35.2 Å². The van der Waals surface area contributed by atoms with Gasteiger partial charge < -0.3 is 16.2 Å². The van der Waals surface area contributed by atoms with Crippen molar-refractivity contribution < 1.29 is 45.1 Å². The third-order valence-electron chi connectivity index (χ3n) is 6.27. The number of thiazole rings is 1. The standard InChI is InChI=1S/C22H27F2N5O3S2.C2HF3O2/c23-16-5-4-6-17(24)18(16)19(30)20-21(25)27-22(33-20)26-15-7-11-29(12-8-15)34(31,32)14-13-28-9-2-1-3-10-28;3-2(4,5)1(6)7/h1-2,4-6,15H,3,7-14,25H2,(H,26,27);(H,6,7). The van der Waals surface area contributed by atoms with E-state index in [4.69, 9.17) is 15.6 Å². The highest BCUT2D eigenvalue weighted by molar-refractivity contribution is 7.89. The second-order valence-electron chi connectivity index (χ2n) is 9.16. The topological polar surface area (TPSA) is 146 Å². The largest absolute Gasteiger partial charge is 0.490 e. The second kappa shape index (κ2) is 13.7. The van der Waals surface area contributed by atoms with Crippen LogP contribution in [0.4, 0.5) is 32.9 Å². The number of rotatable bonds is 8. The Morgan fingerprint density at radius 3 is 2.27 bits per heavy atom. The molecule has 10 nitrogen and oxygen atoms in total. The van der Waals surface area contributed by atoms with Crippen LogP contribution in [0.1, 0.15) is 34.5 Å². The van der Waals surface area contributed by atoms with Crippen LogP contribution in [0, 0.1) is 11.6 Å². The number of nitrogens with zero attached hydrogens (tertiary/aromatic N) is 3. The predicted octanol–water partition coefficient (Wildman–Crippen LogP) is 3.34. The SMILES string of the molecule is Nc1nc(NC2CCN(S(=O)(=O)CCN3CC=CCC3)CC2)sc1C(=O)c1c(F)cccc1F.O=C(O)C(F)(F)F. The molecule has 3 heterocycles. The summed E-state index contributed by atoms with van der Waals surface area (Å²) in [5, 5.41) is 10.7. The summed E-state index contributed by atoms with van der Waals surface area (Å²) in [4.78, 5) is 27.8. The Bertz CT molecular complexity index is 1360. The zero-order chi connectivity index (χ0) is 30.4. The summed E-state index contributed by atoms with van der Waals surface area (Å²) in [7, 11) is -3.34. The van der Waals surface area contributed by atoms with Gasteiger partial charge >= 0.3 is 12.1 Å². The molecule has 4 rings (SSSR count). The van der Waals surface area contributed by atoms with Crippen LogP contribution in [0.5, 0.6) is 0 Å². The number of carbonyl (C=O) groups excluding carboxylic acids is 1. The fourth-order valence-corrected chi connectivity index (χ4v) is 6.53. The molecule has 1 aromatic heterocycles. The van der Waals surface area contributed by atoms with Crippen molar-refractivity contribution in [2.24, 2.45) is 0 Å². The number of nitrogen functional groups attached to an aromatic ring is 1. The van der Waals surface area contributed by atoms with Crippen LogP contribution in [0.2, 0.25) is 0 Å². The van der Waals surface area contributed by atoms with Crippen LogP contribution >= 0.6 is 11.3 Å². The zero-order valence-electron chi connectivity index (χ0n) is 21.5. The van der Waals surface area contributed by atoms with Crippen LogP contribution in [-0.2, 0) is 14.8 Å². The van der Waals surface area contributed by atoms with Gasteiger partial charge in [-0.25, -0.2) is 31.3 Å². The Morgan fingerprint density at radius 2 is 1.73 bits per heavy atom. The van der Waals surface area contributed by atoms with E-state index in [-0.39, 0.29) is 22.5 Å². The summed E-state index contributed by atoms with van der Waals surface area (Å²) in [6, 6.07) is 3.15. The number of hydrogen-bond acceptors (Lipinski definition) is 9. The number of aromatic nitrogens is 1. The monoisotopic (exact) mass is 625 g/mol. The number of carboxylic acids is 1. The highest BCUT2D eigenvalue weighted by atomic mass is 32.2. The number of nitrogens with two attached hydrogens (primary N) is 1. The molecule has 4 N–H and O–H groups in total. The average Bonchev–Trinajstić information content (AvgIpc) is 3.28. The Balaban J connectivity index is 0.000000587. The minimum Gasteiger partial charge on any atom is -0.475 e. The van der Waals surface area contributed by atoms with E-state index >= 15 is 0 Å².